The minimum absolute atomic E-state index is 0.180. The van der Waals surface area contributed by atoms with Gasteiger partial charge in [-0.05, 0) is 31.2 Å². The van der Waals surface area contributed by atoms with Crippen molar-refractivity contribution in [3.8, 4) is 5.82 Å². The number of nitrogens with one attached hydrogen (secondary N) is 1. The van der Waals surface area contributed by atoms with Crippen molar-refractivity contribution in [3.63, 3.8) is 0 Å². The summed E-state index contributed by atoms with van der Waals surface area (Å²) in [5.74, 6) is -0.184. The quantitative estimate of drug-likeness (QED) is 0.732. The number of hydrogen-bond acceptors (Lipinski definition) is 4. The molecular formula is C15H16FN5. The molecule has 2 heterocycles. The first-order valence-electron chi connectivity index (χ1n) is 6.96. The summed E-state index contributed by atoms with van der Waals surface area (Å²) in [7, 11) is 0. The summed E-state index contributed by atoms with van der Waals surface area (Å²) < 4.78 is 16.0. The maximum Gasteiger partial charge on any atom is 0.192 e. The van der Waals surface area contributed by atoms with Crippen LogP contribution in [0.25, 0.3) is 16.9 Å². The van der Waals surface area contributed by atoms with E-state index in [0.29, 0.717) is 17.6 Å². The molecule has 0 amide bonds. The van der Waals surface area contributed by atoms with E-state index >= 15 is 0 Å². The third kappa shape index (κ3) is 2.62. The average molecular weight is 285 g/mol. The molecule has 0 saturated carbocycles. The van der Waals surface area contributed by atoms with Crippen molar-refractivity contribution >= 4 is 11.0 Å². The van der Waals surface area contributed by atoms with Crippen LogP contribution in [0.4, 0.5) is 4.39 Å². The highest BCUT2D eigenvalue weighted by atomic mass is 19.1. The molecule has 0 bridgehead atoms. The van der Waals surface area contributed by atoms with Crippen LogP contribution in [-0.4, -0.2) is 26.5 Å². The largest absolute Gasteiger partial charge is 0.313 e. The molecule has 0 atom stereocenters. The van der Waals surface area contributed by atoms with Gasteiger partial charge < -0.3 is 5.32 Å². The molecule has 0 aliphatic heterocycles. The van der Waals surface area contributed by atoms with Gasteiger partial charge in [0.15, 0.2) is 11.6 Å². The Balaban J connectivity index is 2.00. The van der Waals surface area contributed by atoms with Crippen molar-refractivity contribution < 1.29 is 4.39 Å². The van der Waals surface area contributed by atoms with Gasteiger partial charge in [-0.15, -0.1) is 5.10 Å². The van der Waals surface area contributed by atoms with Crippen molar-refractivity contribution in [1.29, 1.82) is 0 Å². The summed E-state index contributed by atoms with van der Waals surface area (Å²) in [5.41, 5.74) is 2.03. The maximum atomic E-state index is 14.6. The van der Waals surface area contributed by atoms with Crippen LogP contribution in [0.15, 0.2) is 36.5 Å². The number of hydrogen-bond donors (Lipinski definition) is 1. The van der Waals surface area contributed by atoms with E-state index in [1.165, 1.54) is 4.68 Å². The zero-order valence-electron chi connectivity index (χ0n) is 11.8. The molecule has 6 heteroatoms. The van der Waals surface area contributed by atoms with E-state index in [9.17, 15) is 4.39 Å². The molecule has 0 unspecified atom stereocenters. The van der Waals surface area contributed by atoms with Crippen LogP contribution in [0.5, 0.6) is 0 Å². The number of nitrogens with zero attached hydrogens (tertiary/aromatic N) is 4. The topological polar surface area (TPSA) is 55.6 Å². The number of fused-ring (bicyclic) bond motifs is 1. The first kappa shape index (κ1) is 13.6. The molecule has 0 saturated heterocycles. The highest BCUT2D eigenvalue weighted by Crippen LogP contribution is 2.18. The smallest absolute Gasteiger partial charge is 0.192 e. The van der Waals surface area contributed by atoms with Gasteiger partial charge in [0, 0.05) is 18.3 Å². The number of benzene rings is 1. The fourth-order valence-electron chi connectivity index (χ4n) is 2.18. The standard InChI is InChI=1S/C15H16FN5/c1-2-8-17-10-11-7-9-18-15(14(11)16)21-13-6-4-3-5-12(13)19-20-21/h3-7,9,17H,2,8,10H2,1H3. The molecular weight excluding hydrogens is 269 g/mol. The first-order chi connectivity index (χ1) is 10.3. The molecule has 0 fully saturated rings. The van der Waals surface area contributed by atoms with Gasteiger partial charge in [0.25, 0.3) is 0 Å². The Bertz CT molecular complexity index is 753. The number of pyridine rings is 1. The van der Waals surface area contributed by atoms with Crippen molar-refractivity contribution in [2.45, 2.75) is 19.9 Å². The highest BCUT2D eigenvalue weighted by Gasteiger charge is 2.14. The lowest BCUT2D eigenvalue weighted by molar-refractivity contribution is 0.566. The number of aromatic nitrogens is 4. The minimum Gasteiger partial charge on any atom is -0.313 e. The fraction of sp³-hybridized carbons (Fsp3) is 0.267. The summed E-state index contributed by atoms with van der Waals surface area (Å²) in [6.07, 6.45) is 2.60. The third-order valence-corrected chi connectivity index (χ3v) is 3.25. The van der Waals surface area contributed by atoms with Crippen LogP contribution < -0.4 is 5.32 Å². The van der Waals surface area contributed by atoms with Crippen molar-refractivity contribution in [2.75, 3.05) is 6.54 Å². The second-order valence-electron chi connectivity index (χ2n) is 4.77. The van der Waals surface area contributed by atoms with Crippen LogP contribution in [0.2, 0.25) is 0 Å². The molecule has 2 aromatic heterocycles. The highest BCUT2D eigenvalue weighted by molar-refractivity contribution is 5.75. The monoisotopic (exact) mass is 285 g/mol. The number of para-hydroxylation sites is 1. The summed E-state index contributed by atoms with van der Waals surface area (Å²) >= 11 is 0. The molecule has 0 spiro atoms. The first-order valence-corrected chi connectivity index (χ1v) is 6.96. The Labute approximate surface area is 121 Å². The zero-order chi connectivity index (χ0) is 14.7. The lowest BCUT2D eigenvalue weighted by Gasteiger charge is -2.08. The van der Waals surface area contributed by atoms with E-state index in [1.807, 2.05) is 24.3 Å². The van der Waals surface area contributed by atoms with Crippen LogP contribution in [0.3, 0.4) is 0 Å². The molecule has 21 heavy (non-hydrogen) atoms. The SMILES string of the molecule is CCCNCc1ccnc(-n2nnc3ccccc32)c1F. The van der Waals surface area contributed by atoms with E-state index in [4.69, 9.17) is 0 Å². The van der Waals surface area contributed by atoms with Gasteiger partial charge in [0.05, 0.1) is 5.52 Å². The van der Waals surface area contributed by atoms with Gasteiger partial charge in [-0.2, -0.15) is 4.68 Å². The second kappa shape index (κ2) is 5.97. The molecule has 1 aromatic carbocycles. The normalized spacial score (nSPS) is 11.1. The Morgan fingerprint density at radius 2 is 2.10 bits per heavy atom. The van der Waals surface area contributed by atoms with Crippen molar-refractivity contribution in [2.24, 2.45) is 0 Å². The Morgan fingerprint density at radius 1 is 1.24 bits per heavy atom. The molecule has 5 nitrogen and oxygen atoms in total. The van der Waals surface area contributed by atoms with Gasteiger partial charge in [-0.3, -0.25) is 0 Å². The predicted octanol–water partition coefficient (Wildman–Crippen LogP) is 2.45. The molecule has 0 aliphatic rings. The van der Waals surface area contributed by atoms with Crippen LogP contribution >= 0.6 is 0 Å². The van der Waals surface area contributed by atoms with E-state index in [1.54, 1.807) is 12.3 Å². The van der Waals surface area contributed by atoms with Crippen molar-refractivity contribution in [1.82, 2.24) is 25.3 Å². The van der Waals surface area contributed by atoms with Gasteiger partial charge in [-0.25, -0.2) is 9.37 Å². The predicted molar refractivity (Wildman–Crippen MR) is 78.6 cm³/mol. The van der Waals surface area contributed by atoms with Gasteiger partial charge >= 0.3 is 0 Å². The molecule has 108 valence electrons. The van der Waals surface area contributed by atoms with E-state index in [2.05, 4.69) is 27.5 Å². The molecule has 0 radical (unpaired) electrons. The van der Waals surface area contributed by atoms with Gasteiger partial charge in [0.1, 0.15) is 5.52 Å². The van der Waals surface area contributed by atoms with E-state index in [0.717, 1.165) is 18.5 Å². The van der Waals surface area contributed by atoms with Crippen molar-refractivity contribution in [3.05, 3.63) is 47.9 Å². The third-order valence-electron chi connectivity index (χ3n) is 3.25. The Hall–Kier alpha value is -2.34. The zero-order valence-corrected chi connectivity index (χ0v) is 11.8. The molecule has 0 aliphatic carbocycles. The van der Waals surface area contributed by atoms with Crippen LogP contribution in [0.1, 0.15) is 18.9 Å². The molecule has 1 N–H and O–H groups in total. The summed E-state index contributed by atoms with van der Waals surface area (Å²) in [4.78, 5) is 4.12. The van der Waals surface area contributed by atoms with Crippen LogP contribution in [-0.2, 0) is 6.54 Å². The molecule has 3 rings (SSSR count). The lowest BCUT2D eigenvalue weighted by atomic mass is 10.2. The average Bonchev–Trinajstić information content (AvgIpc) is 2.93. The lowest BCUT2D eigenvalue weighted by Crippen LogP contribution is -2.16. The Morgan fingerprint density at radius 3 is 2.95 bits per heavy atom. The minimum atomic E-state index is -0.364. The molecule has 3 aromatic rings. The summed E-state index contributed by atoms with van der Waals surface area (Å²) in [6.45, 7) is 3.40. The second-order valence-corrected chi connectivity index (χ2v) is 4.77. The number of halogens is 1. The Kier molecular flexibility index (Phi) is 3.87. The van der Waals surface area contributed by atoms with Gasteiger partial charge in [-0.1, -0.05) is 24.3 Å². The van der Waals surface area contributed by atoms with E-state index in [-0.39, 0.29) is 11.6 Å². The van der Waals surface area contributed by atoms with Gasteiger partial charge in [0.2, 0.25) is 0 Å². The van der Waals surface area contributed by atoms with Crippen LogP contribution in [0, 0.1) is 5.82 Å². The van der Waals surface area contributed by atoms with E-state index < -0.39 is 0 Å². The summed E-state index contributed by atoms with van der Waals surface area (Å²) in [6, 6.07) is 9.10. The fourth-order valence-corrected chi connectivity index (χ4v) is 2.18. The number of rotatable bonds is 5. The maximum absolute atomic E-state index is 14.6. The summed E-state index contributed by atoms with van der Waals surface area (Å²) in [5, 5.41) is 11.2.